The summed E-state index contributed by atoms with van der Waals surface area (Å²) in [5, 5.41) is 20.8. The number of ether oxygens (including phenoxy) is 1. The van der Waals surface area contributed by atoms with Crippen molar-refractivity contribution in [3.8, 4) is 0 Å². The largest absolute Gasteiger partial charge is 0.595 e. The van der Waals surface area contributed by atoms with Crippen molar-refractivity contribution in [3.05, 3.63) is 63.2 Å². The van der Waals surface area contributed by atoms with E-state index in [9.17, 15) is 20.0 Å². The molecule has 0 spiro atoms. The smallest absolute Gasteiger partial charge is 0.250 e. The highest BCUT2D eigenvalue weighted by molar-refractivity contribution is 5.82. The number of rotatable bonds is 7. The van der Waals surface area contributed by atoms with Crippen molar-refractivity contribution < 1.29 is 20.0 Å². The van der Waals surface area contributed by atoms with Crippen molar-refractivity contribution in [2.24, 2.45) is 17.8 Å². The second-order valence-corrected chi connectivity index (χ2v) is 13.5. The number of anilines is 1. The van der Waals surface area contributed by atoms with E-state index in [4.69, 9.17) is 4.74 Å². The van der Waals surface area contributed by atoms with Gasteiger partial charge in [-0.2, -0.15) is 5.23 Å². The molecule has 1 amide bonds. The monoisotopic (exact) mass is 591 g/mol. The quantitative estimate of drug-likeness (QED) is 0.476. The van der Waals surface area contributed by atoms with Crippen LogP contribution in [0.4, 0.5) is 11.4 Å². The lowest BCUT2D eigenvalue weighted by molar-refractivity contribution is -0.991. The van der Waals surface area contributed by atoms with Crippen LogP contribution in [0.15, 0.2) is 41.2 Å². The highest BCUT2D eigenvalue weighted by atomic mass is 16.8. The molecule has 2 bridgehead atoms. The normalized spacial score (nSPS) is 30.4. The Morgan fingerprint density at radius 3 is 2.84 bits per heavy atom. The molecule has 7 unspecified atom stereocenters. The Hall–Kier alpha value is -2.76. The molecular weight excluding hydrogens is 546 g/mol. The Bertz CT molecular complexity index is 1390. The Kier molecular flexibility index (Phi) is 8.07. The summed E-state index contributed by atoms with van der Waals surface area (Å²) < 4.78 is 7.44. The van der Waals surface area contributed by atoms with Crippen molar-refractivity contribution in [2.75, 3.05) is 51.3 Å². The molecule has 5 aliphatic rings. The number of nitrogens with zero attached hydrogens (tertiary/aromatic N) is 4. The zero-order valence-electron chi connectivity index (χ0n) is 25.2. The SMILES string of the molecule is COCCN(CC1CCCN2CCCCC12)C(=O)C1Cc2cc([NH+]([O-])O)ccc2N2CC3CC(Cn4c3cccc4=O)C12. The average Bonchev–Trinajstić information content (AvgIpc) is 3.02. The maximum atomic E-state index is 14.8. The lowest BCUT2D eigenvalue weighted by Crippen LogP contribution is -2.99. The third-order valence-corrected chi connectivity index (χ3v) is 11.1. The molecule has 3 saturated heterocycles. The van der Waals surface area contributed by atoms with E-state index >= 15 is 0 Å². The highest BCUT2D eigenvalue weighted by Crippen LogP contribution is 2.48. The lowest BCUT2D eigenvalue weighted by atomic mass is 9.69. The van der Waals surface area contributed by atoms with Gasteiger partial charge in [-0.3, -0.25) is 9.59 Å². The van der Waals surface area contributed by atoms with Crippen LogP contribution in [-0.2, 0) is 22.5 Å². The molecule has 5 aliphatic heterocycles. The minimum atomic E-state index is -0.951. The number of pyridine rings is 1. The fraction of sp³-hybridized carbons (Fsp3) is 0.636. The number of hydrogen-bond acceptors (Lipinski definition) is 7. The molecule has 3 fully saturated rings. The molecule has 7 rings (SSSR count). The van der Waals surface area contributed by atoms with Gasteiger partial charge in [0.25, 0.3) is 5.56 Å². The summed E-state index contributed by atoms with van der Waals surface area (Å²) in [5.74, 6) is 0.632. The van der Waals surface area contributed by atoms with Gasteiger partial charge in [0, 0.05) is 80.9 Å². The number of fused-ring (bicyclic) bond motifs is 9. The molecule has 7 atom stereocenters. The zero-order chi connectivity index (χ0) is 29.7. The topological polar surface area (TPSA) is 106 Å². The molecule has 10 nitrogen and oxygen atoms in total. The number of benzene rings is 1. The van der Waals surface area contributed by atoms with Crippen LogP contribution in [0.25, 0.3) is 0 Å². The molecule has 232 valence electrons. The van der Waals surface area contributed by atoms with Gasteiger partial charge < -0.3 is 29.2 Å². The van der Waals surface area contributed by atoms with Gasteiger partial charge in [-0.1, -0.05) is 12.5 Å². The number of methoxy groups -OCH3 is 1. The standard InChI is InChI=1S/C33H45N5O5/c1-43-15-14-35(19-22-6-5-13-34-12-3-2-7-28(22)34)33(40)27-18-23-17-26(38(41)42)10-11-30(23)37-20-24-16-25(32(27)37)21-36-29(24)8-4-9-31(36)39/h4,8-11,17,22,24-25,27-28,32,38,41H,2-3,5-7,12-16,18-21H2,1H3. The van der Waals surface area contributed by atoms with Gasteiger partial charge in [-0.15, -0.1) is 0 Å². The molecule has 1 aromatic heterocycles. The fourth-order valence-electron chi connectivity index (χ4n) is 9.27. The summed E-state index contributed by atoms with van der Waals surface area (Å²) in [6.07, 6.45) is 7.52. The molecule has 1 aromatic carbocycles. The maximum Gasteiger partial charge on any atom is 0.250 e. The maximum absolute atomic E-state index is 14.8. The van der Waals surface area contributed by atoms with Crippen LogP contribution in [0.5, 0.6) is 0 Å². The summed E-state index contributed by atoms with van der Waals surface area (Å²) in [5.41, 5.74) is 3.32. The Morgan fingerprint density at radius 1 is 1.14 bits per heavy atom. The number of carbonyl (C=O) groups excluding carboxylic acids is 1. The average molecular weight is 592 g/mol. The molecule has 0 saturated carbocycles. The Balaban J connectivity index is 1.24. The van der Waals surface area contributed by atoms with E-state index in [2.05, 4.69) is 20.8 Å². The summed E-state index contributed by atoms with van der Waals surface area (Å²) in [6, 6.07) is 11.4. The first-order chi connectivity index (χ1) is 20.9. The second-order valence-electron chi connectivity index (χ2n) is 13.5. The van der Waals surface area contributed by atoms with E-state index in [-0.39, 0.29) is 40.9 Å². The summed E-state index contributed by atoms with van der Waals surface area (Å²) in [7, 11) is 1.69. The van der Waals surface area contributed by atoms with E-state index < -0.39 is 5.23 Å². The van der Waals surface area contributed by atoms with Gasteiger partial charge in [0.2, 0.25) is 5.91 Å². The van der Waals surface area contributed by atoms with Crippen LogP contribution >= 0.6 is 0 Å². The Morgan fingerprint density at radius 2 is 2.00 bits per heavy atom. The zero-order valence-corrected chi connectivity index (χ0v) is 25.2. The van der Waals surface area contributed by atoms with Gasteiger partial charge in [0.05, 0.1) is 12.5 Å². The van der Waals surface area contributed by atoms with E-state index in [1.165, 1.54) is 38.8 Å². The number of hydrogen-bond donors (Lipinski definition) is 2. The van der Waals surface area contributed by atoms with Crippen molar-refractivity contribution in [2.45, 2.75) is 69.5 Å². The van der Waals surface area contributed by atoms with E-state index in [0.717, 1.165) is 36.3 Å². The summed E-state index contributed by atoms with van der Waals surface area (Å²) in [6.45, 7) is 5.44. The first kappa shape index (κ1) is 29.0. The van der Waals surface area contributed by atoms with Gasteiger partial charge in [0.15, 0.2) is 5.69 Å². The molecular formula is C33H45N5O5. The molecule has 0 radical (unpaired) electrons. The van der Waals surface area contributed by atoms with Gasteiger partial charge >= 0.3 is 0 Å². The second kappa shape index (κ2) is 12.0. The van der Waals surface area contributed by atoms with Crippen LogP contribution in [0.2, 0.25) is 0 Å². The number of amides is 1. The lowest BCUT2D eigenvalue weighted by Gasteiger charge is -2.55. The van der Waals surface area contributed by atoms with Crippen molar-refractivity contribution >= 4 is 17.3 Å². The summed E-state index contributed by atoms with van der Waals surface area (Å²) in [4.78, 5) is 34.9. The predicted octanol–water partition coefficient (Wildman–Crippen LogP) is 2.16. The van der Waals surface area contributed by atoms with Crippen molar-refractivity contribution in [3.63, 3.8) is 0 Å². The van der Waals surface area contributed by atoms with Gasteiger partial charge in [-0.25, -0.2) is 5.21 Å². The molecule has 6 heterocycles. The van der Waals surface area contributed by atoms with Crippen LogP contribution in [0, 0.1) is 23.0 Å². The first-order valence-corrected chi connectivity index (χ1v) is 16.3. The number of aromatic nitrogens is 1. The van der Waals surface area contributed by atoms with Crippen molar-refractivity contribution in [1.29, 1.82) is 0 Å². The molecule has 0 aliphatic carbocycles. The van der Waals surface area contributed by atoms with Crippen molar-refractivity contribution in [1.82, 2.24) is 14.4 Å². The van der Waals surface area contributed by atoms with Crippen LogP contribution in [0.3, 0.4) is 0 Å². The number of carbonyl (C=O) groups is 1. The number of quaternary nitrogens is 1. The molecule has 2 N–H and O–H groups in total. The van der Waals surface area contributed by atoms with Crippen LogP contribution in [0.1, 0.15) is 55.7 Å². The van der Waals surface area contributed by atoms with E-state index in [0.29, 0.717) is 44.6 Å². The van der Waals surface area contributed by atoms with Gasteiger partial charge in [-0.05, 0) is 81.1 Å². The minimum absolute atomic E-state index is 0.0295. The molecule has 43 heavy (non-hydrogen) atoms. The van der Waals surface area contributed by atoms with Gasteiger partial charge in [0.1, 0.15) is 0 Å². The third kappa shape index (κ3) is 5.31. The highest BCUT2D eigenvalue weighted by Gasteiger charge is 2.50. The first-order valence-electron chi connectivity index (χ1n) is 16.3. The molecule has 2 aromatic rings. The van der Waals surface area contributed by atoms with E-state index in [1.54, 1.807) is 25.3 Å². The third-order valence-electron chi connectivity index (χ3n) is 11.1. The molecule has 10 heteroatoms. The number of nitrogens with one attached hydrogen (secondary N) is 1. The van der Waals surface area contributed by atoms with Crippen LogP contribution < -0.4 is 15.7 Å². The summed E-state index contributed by atoms with van der Waals surface area (Å²) >= 11 is 0. The van der Waals surface area contributed by atoms with Crippen LogP contribution in [-0.4, -0.2) is 84.0 Å². The predicted molar refractivity (Wildman–Crippen MR) is 162 cm³/mol. The minimum Gasteiger partial charge on any atom is -0.595 e. The van der Waals surface area contributed by atoms with E-state index in [1.807, 2.05) is 16.7 Å². The number of piperidine rings is 3. The Labute approximate surface area is 253 Å². The fourth-order valence-corrected chi connectivity index (χ4v) is 9.27.